The van der Waals surface area contributed by atoms with E-state index in [1.165, 1.54) is 12.1 Å². The Labute approximate surface area is 108 Å². The molecule has 1 aromatic carbocycles. The van der Waals surface area contributed by atoms with E-state index in [9.17, 15) is 0 Å². The van der Waals surface area contributed by atoms with Crippen molar-refractivity contribution in [2.45, 2.75) is 12.5 Å². The number of likely N-dealkylation sites (N-methyl/N-ethyl adjacent to an activating group) is 1. The van der Waals surface area contributed by atoms with Gasteiger partial charge in [0.1, 0.15) is 0 Å². The summed E-state index contributed by atoms with van der Waals surface area (Å²) in [5.41, 5.74) is 6.85. The van der Waals surface area contributed by atoms with Gasteiger partial charge in [0, 0.05) is 42.9 Å². The van der Waals surface area contributed by atoms with Crippen LogP contribution in [0.1, 0.15) is 6.42 Å². The summed E-state index contributed by atoms with van der Waals surface area (Å²) in [5.74, 6) is 0. The Hall–Kier alpha value is -0.770. The second-order valence-corrected chi connectivity index (χ2v) is 5.07. The first-order valence-electron chi connectivity index (χ1n) is 6.11. The molecule has 1 unspecified atom stereocenters. The normalized spacial score (nSPS) is 20.2. The molecule has 1 fully saturated rings. The summed E-state index contributed by atoms with van der Waals surface area (Å²) in [6.07, 6.45) is 1.21. The molecule has 2 rings (SSSR count). The number of rotatable bonds is 4. The van der Waals surface area contributed by atoms with Gasteiger partial charge in [-0.3, -0.25) is 0 Å². The van der Waals surface area contributed by atoms with Gasteiger partial charge in [-0.05, 0) is 37.7 Å². The van der Waals surface area contributed by atoms with Crippen molar-refractivity contribution < 1.29 is 0 Å². The van der Waals surface area contributed by atoms with E-state index in [1.807, 2.05) is 12.1 Å². The quantitative estimate of drug-likeness (QED) is 0.888. The van der Waals surface area contributed by atoms with Gasteiger partial charge in [-0.1, -0.05) is 11.6 Å². The minimum absolute atomic E-state index is 0.620. The number of hydrogen-bond acceptors (Lipinski definition) is 3. The third-order valence-corrected chi connectivity index (χ3v) is 3.71. The fourth-order valence-corrected chi connectivity index (χ4v) is 2.50. The molecule has 0 radical (unpaired) electrons. The molecule has 0 amide bonds. The van der Waals surface area contributed by atoms with Crippen LogP contribution in [0.2, 0.25) is 5.02 Å². The predicted molar refractivity (Wildman–Crippen MR) is 73.8 cm³/mol. The molecule has 1 saturated heterocycles. The van der Waals surface area contributed by atoms with Gasteiger partial charge in [0.2, 0.25) is 0 Å². The summed E-state index contributed by atoms with van der Waals surface area (Å²) in [4.78, 5) is 4.77. The van der Waals surface area contributed by atoms with Crippen LogP contribution in [-0.4, -0.2) is 44.2 Å². The molecular formula is C13H20ClN3. The van der Waals surface area contributed by atoms with Crippen molar-refractivity contribution >= 4 is 17.3 Å². The minimum Gasteiger partial charge on any atom is -0.370 e. The Kier molecular flexibility index (Phi) is 4.26. The van der Waals surface area contributed by atoms with Crippen molar-refractivity contribution in [3.05, 3.63) is 29.3 Å². The summed E-state index contributed by atoms with van der Waals surface area (Å²) in [6, 6.07) is 8.71. The smallest absolute Gasteiger partial charge is 0.0407 e. The first-order chi connectivity index (χ1) is 8.20. The van der Waals surface area contributed by atoms with Crippen LogP contribution in [-0.2, 0) is 0 Å². The van der Waals surface area contributed by atoms with Crippen LogP contribution in [0.5, 0.6) is 0 Å². The molecular weight excluding hydrogens is 234 g/mol. The van der Waals surface area contributed by atoms with E-state index in [1.54, 1.807) is 0 Å². The monoisotopic (exact) mass is 253 g/mol. The number of halogens is 1. The summed E-state index contributed by atoms with van der Waals surface area (Å²) in [6.45, 7) is 3.90. The lowest BCUT2D eigenvalue weighted by Gasteiger charge is -2.24. The summed E-state index contributed by atoms with van der Waals surface area (Å²) in [7, 11) is 2.16. The Morgan fingerprint density at radius 1 is 1.41 bits per heavy atom. The van der Waals surface area contributed by atoms with E-state index in [0.717, 1.165) is 31.2 Å². The van der Waals surface area contributed by atoms with Gasteiger partial charge in [0.15, 0.2) is 0 Å². The average molecular weight is 254 g/mol. The van der Waals surface area contributed by atoms with E-state index in [0.29, 0.717) is 6.04 Å². The van der Waals surface area contributed by atoms with Crippen LogP contribution in [0.25, 0.3) is 0 Å². The van der Waals surface area contributed by atoms with Gasteiger partial charge in [-0.15, -0.1) is 0 Å². The van der Waals surface area contributed by atoms with Crippen molar-refractivity contribution in [3.63, 3.8) is 0 Å². The van der Waals surface area contributed by atoms with Crippen LogP contribution in [0, 0.1) is 0 Å². The predicted octanol–water partition coefficient (Wildman–Crippen LogP) is 1.81. The number of hydrogen-bond donors (Lipinski definition) is 1. The van der Waals surface area contributed by atoms with Crippen molar-refractivity contribution in [1.82, 2.24) is 4.90 Å². The Balaban J connectivity index is 1.95. The molecule has 3 nitrogen and oxygen atoms in total. The molecule has 1 aliphatic rings. The second kappa shape index (κ2) is 5.71. The zero-order valence-electron chi connectivity index (χ0n) is 10.3. The van der Waals surface area contributed by atoms with Gasteiger partial charge < -0.3 is 15.5 Å². The highest BCUT2D eigenvalue weighted by atomic mass is 35.5. The highest BCUT2D eigenvalue weighted by Gasteiger charge is 2.25. The summed E-state index contributed by atoms with van der Waals surface area (Å²) in [5, 5.41) is 0.796. The zero-order chi connectivity index (χ0) is 12.3. The van der Waals surface area contributed by atoms with Gasteiger partial charge in [0.25, 0.3) is 0 Å². The molecule has 1 atom stereocenters. The van der Waals surface area contributed by atoms with Gasteiger partial charge in [-0.2, -0.15) is 0 Å². The molecule has 4 heteroatoms. The molecule has 0 aromatic heterocycles. The van der Waals surface area contributed by atoms with Crippen LogP contribution >= 0.6 is 11.6 Å². The maximum atomic E-state index is 5.90. The largest absolute Gasteiger partial charge is 0.370 e. The lowest BCUT2D eigenvalue weighted by atomic mass is 10.2. The maximum Gasteiger partial charge on any atom is 0.0407 e. The Bertz CT molecular complexity index is 352. The minimum atomic E-state index is 0.620. The van der Waals surface area contributed by atoms with E-state index >= 15 is 0 Å². The van der Waals surface area contributed by atoms with E-state index in [2.05, 4.69) is 29.0 Å². The van der Waals surface area contributed by atoms with E-state index in [-0.39, 0.29) is 0 Å². The fourth-order valence-electron chi connectivity index (χ4n) is 2.37. The van der Waals surface area contributed by atoms with E-state index in [4.69, 9.17) is 17.3 Å². The third kappa shape index (κ3) is 3.12. The van der Waals surface area contributed by atoms with Gasteiger partial charge in [0.05, 0.1) is 0 Å². The molecule has 2 N–H and O–H groups in total. The molecule has 1 aliphatic heterocycles. The number of benzene rings is 1. The standard InChI is InChI=1S/C13H20ClN3/c1-16(9-7-15)13-6-8-17(10-13)12-4-2-11(14)3-5-12/h2-5,13H,6-10,15H2,1H3. The molecule has 0 aliphatic carbocycles. The summed E-state index contributed by atoms with van der Waals surface area (Å²) >= 11 is 5.90. The highest BCUT2D eigenvalue weighted by Crippen LogP contribution is 2.23. The molecule has 0 saturated carbocycles. The number of anilines is 1. The molecule has 1 aromatic rings. The first-order valence-corrected chi connectivity index (χ1v) is 6.49. The molecule has 0 spiro atoms. The number of nitrogens with zero attached hydrogens (tertiary/aromatic N) is 2. The van der Waals surface area contributed by atoms with E-state index < -0.39 is 0 Å². The van der Waals surface area contributed by atoms with Crippen LogP contribution in [0.3, 0.4) is 0 Å². The zero-order valence-corrected chi connectivity index (χ0v) is 11.0. The number of nitrogens with two attached hydrogens (primary N) is 1. The molecule has 94 valence electrons. The van der Waals surface area contributed by atoms with Gasteiger partial charge >= 0.3 is 0 Å². The second-order valence-electron chi connectivity index (χ2n) is 4.63. The van der Waals surface area contributed by atoms with Crippen molar-refractivity contribution in [1.29, 1.82) is 0 Å². The van der Waals surface area contributed by atoms with Crippen molar-refractivity contribution in [2.75, 3.05) is 38.1 Å². The molecule has 1 heterocycles. The topological polar surface area (TPSA) is 32.5 Å². The van der Waals surface area contributed by atoms with Crippen LogP contribution < -0.4 is 10.6 Å². The fraction of sp³-hybridized carbons (Fsp3) is 0.538. The van der Waals surface area contributed by atoms with Crippen molar-refractivity contribution in [3.8, 4) is 0 Å². The van der Waals surface area contributed by atoms with Crippen molar-refractivity contribution in [2.24, 2.45) is 5.73 Å². The van der Waals surface area contributed by atoms with Gasteiger partial charge in [-0.25, -0.2) is 0 Å². The lowest BCUT2D eigenvalue weighted by molar-refractivity contribution is 0.266. The summed E-state index contributed by atoms with van der Waals surface area (Å²) < 4.78 is 0. The molecule has 17 heavy (non-hydrogen) atoms. The Morgan fingerprint density at radius 3 is 2.76 bits per heavy atom. The SMILES string of the molecule is CN(CCN)C1CCN(c2ccc(Cl)cc2)C1. The molecule has 0 bridgehead atoms. The Morgan fingerprint density at radius 2 is 2.12 bits per heavy atom. The third-order valence-electron chi connectivity index (χ3n) is 3.46. The lowest BCUT2D eigenvalue weighted by Crippen LogP contribution is -2.37. The first kappa shape index (κ1) is 12.7. The van der Waals surface area contributed by atoms with Crippen LogP contribution in [0.4, 0.5) is 5.69 Å². The maximum absolute atomic E-state index is 5.90. The van der Waals surface area contributed by atoms with Crippen LogP contribution in [0.15, 0.2) is 24.3 Å². The highest BCUT2D eigenvalue weighted by molar-refractivity contribution is 6.30. The average Bonchev–Trinajstić information content (AvgIpc) is 2.80.